The maximum atomic E-state index is 12.7. The molecule has 2 bridgehead atoms. The number of ether oxygens (including phenoxy) is 1. The zero-order chi connectivity index (χ0) is 18.1. The summed E-state index contributed by atoms with van der Waals surface area (Å²) < 4.78 is 5.43. The molecule has 0 radical (unpaired) electrons. The molecule has 0 spiro atoms. The highest BCUT2D eigenvalue weighted by atomic mass is 16.5. The number of aromatic nitrogens is 2. The van der Waals surface area contributed by atoms with E-state index in [1.54, 1.807) is 6.20 Å². The van der Waals surface area contributed by atoms with Gasteiger partial charge in [0.15, 0.2) is 0 Å². The minimum absolute atomic E-state index is 0.0334. The topological polar surface area (TPSA) is 70.6 Å². The Morgan fingerprint density at radius 3 is 2.62 bits per heavy atom. The van der Waals surface area contributed by atoms with Gasteiger partial charge < -0.3 is 19.9 Å². The Labute approximate surface area is 153 Å². The van der Waals surface area contributed by atoms with Crippen LogP contribution in [0.2, 0.25) is 0 Å². The third kappa shape index (κ3) is 3.16. The van der Waals surface area contributed by atoms with Crippen molar-refractivity contribution in [1.29, 1.82) is 0 Å². The molecule has 2 amide bonds. The lowest BCUT2D eigenvalue weighted by Gasteiger charge is -2.56. The average molecular weight is 353 g/mol. The van der Waals surface area contributed by atoms with Gasteiger partial charge >= 0.3 is 6.03 Å². The van der Waals surface area contributed by atoms with Crippen LogP contribution in [0.3, 0.4) is 0 Å². The largest absolute Gasteiger partial charge is 0.494 e. The highest BCUT2D eigenvalue weighted by Gasteiger charge is 2.47. The molecular formula is C19H23N5O2. The van der Waals surface area contributed by atoms with E-state index in [9.17, 15) is 4.79 Å². The molecule has 3 aliphatic rings. The van der Waals surface area contributed by atoms with Crippen molar-refractivity contribution in [2.24, 2.45) is 0 Å². The van der Waals surface area contributed by atoms with Crippen LogP contribution in [0.4, 0.5) is 16.3 Å². The Morgan fingerprint density at radius 2 is 1.96 bits per heavy atom. The number of nitrogens with zero attached hydrogens (tertiary/aromatic N) is 4. The molecule has 136 valence electrons. The highest BCUT2D eigenvalue weighted by molar-refractivity contribution is 5.90. The second kappa shape index (κ2) is 6.82. The van der Waals surface area contributed by atoms with Gasteiger partial charge in [0.05, 0.1) is 18.7 Å². The lowest BCUT2D eigenvalue weighted by Crippen LogP contribution is -2.71. The number of urea groups is 1. The van der Waals surface area contributed by atoms with Gasteiger partial charge in [-0.3, -0.25) is 0 Å². The predicted molar refractivity (Wildman–Crippen MR) is 99.6 cm³/mol. The van der Waals surface area contributed by atoms with Crippen LogP contribution in [-0.2, 0) is 0 Å². The van der Waals surface area contributed by atoms with Crippen LogP contribution in [0.1, 0.15) is 19.2 Å². The molecule has 7 nitrogen and oxygen atoms in total. The SMILES string of the molecule is CCOc1ccc(NC(=O)N2C3CC2CN(c2ccnc(C)n2)C3)cc1. The van der Waals surface area contributed by atoms with Crippen molar-refractivity contribution >= 4 is 17.5 Å². The molecule has 3 fully saturated rings. The summed E-state index contributed by atoms with van der Waals surface area (Å²) in [6.07, 6.45) is 2.84. The van der Waals surface area contributed by atoms with Gasteiger partial charge in [-0.15, -0.1) is 0 Å². The molecule has 2 aromatic rings. The van der Waals surface area contributed by atoms with Gasteiger partial charge in [-0.25, -0.2) is 14.8 Å². The number of nitrogens with one attached hydrogen (secondary N) is 1. The van der Waals surface area contributed by atoms with E-state index in [2.05, 4.69) is 20.2 Å². The number of rotatable bonds is 4. The van der Waals surface area contributed by atoms with Gasteiger partial charge in [0.2, 0.25) is 0 Å². The van der Waals surface area contributed by atoms with Crippen molar-refractivity contribution in [3.05, 3.63) is 42.4 Å². The summed E-state index contributed by atoms with van der Waals surface area (Å²) in [6.45, 7) is 6.09. The molecular weight excluding hydrogens is 330 g/mol. The summed E-state index contributed by atoms with van der Waals surface area (Å²) in [5.41, 5.74) is 0.784. The molecule has 1 aromatic heterocycles. The Kier molecular flexibility index (Phi) is 4.36. The summed E-state index contributed by atoms with van der Waals surface area (Å²) in [4.78, 5) is 25.5. The van der Waals surface area contributed by atoms with Gasteiger partial charge in [-0.05, 0) is 50.6 Å². The fourth-order valence-electron chi connectivity index (χ4n) is 3.74. The fraction of sp³-hybridized carbons (Fsp3) is 0.421. The molecule has 3 aliphatic heterocycles. The van der Waals surface area contributed by atoms with Crippen LogP contribution < -0.4 is 15.0 Å². The van der Waals surface area contributed by atoms with Crippen molar-refractivity contribution in [3.63, 3.8) is 0 Å². The van der Waals surface area contributed by atoms with E-state index in [0.717, 1.165) is 42.6 Å². The molecule has 5 rings (SSSR count). The van der Waals surface area contributed by atoms with E-state index in [-0.39, 0.29) is 18.1 Å². The minimum atomic E-state index is -0.0334. The maximum absolute atomic E-state index is 12.7. The number of fused-ring (bicyclic) bond motifs is 2. The molecule has 1 aromatic carbocycles. The lowest BCUT2D eigenvalue weighted by atomic mass is 9.88. The van der Waals surface area contributed by atoms with E-state index < -0.39 is 0 Å². The second-order valence-corrected chi connectivity index (χ2v) is 6.71. The monoisotopic (exact) mass is 353 g/mol. The standard InChI is InChI=1S/C19H23N5O2/c1-3-26-17-6-4-14(5-7-17)22-19(25)24-15-10-16(24)12-23(11-15)18-8-9-20-13(2)21-18/h4-9,15-16H,3,10-12H2,1-2H3,(H,22,25). The molecule has 2 unspecified atom stereocenters. The van der Waals surface area contributed by atoms with Gasteiger partial charge in [-0.2, -0.15) is 0 Å². The third-order valence-corrected chi connectivity index (χ3v) is 4.93. The van der Waals surface area contributed by atoms with Crippen LogP contribution in [0, 0.1) is 6.92 Å². The van der Waals surface area contributed by atoms with Crippen LogP contribution in [0.5, 0.6) is 5.75 Å². The maximum Gasteiger partial charge on any atom is 0.322 e. The normalized spacial score (nSPS) is 21.2. The Balaban J connectivity index is 1.37. The number of aryl methyl sites for hydroxylation is 1. The molecule has 26 heavy (non-hydrogen) atoms. The van der Waals surface area contributed by atoms with E-state index in [1.807, 2.05) is 49.1 Å². The van der Waals surface area contributed by atoms with Gasteiger partial charge in [0.1, 0.15) is 17.4 Å². The third-order valence-electron chi connectivity index (χ3n) is 4.93. The average Bonchev–Trinajstić information content (AvgIpc) is 2.63. The number of piperidine rings is 1. The number of carbonyl (C=O) groups excluding carboxylic acids is 1. The molecule has 4 heterocycles. The first kappa shape index (κ1) is 16.6. The van der Waals surface area contributed by atoms with E-state index in [1.165, 1.54) is 0 Å². The molecule has 0 saturated carbocycles. The number of hydrogen-bond donors (Lipinski definition) is 1. The smallest absolute Gasteiger partial charge is 0.322 e. The van der Waals surface area contributed by atoms with Gasteiger partial charge in [0.25, 0.3) is 0 Å². The van der Waals surface area contributed by atoms with E-state index >= 15 is 0 Å². The summed E-state index contributed by atoms with van der Waals surface area (Å²) in [5.74, 6) is 2.52. The number of carbonyl (C=O) groups is 1. The fourth-order valence-corrected chi connectivity index (χ4v) is 3.74. The van der Waals surface area contributed by atoms with Gasteiger partial charge in [-0.1, -0.05) is 0 Å². The van der Waals surface area contributed by atoms with Crippen molar-refractivity contribution in [2.75, 3.05) is 29.9 Å². The Morgan fingerprint density at radius 1 is 1.23 bits per heavy atom. The zero-order valence-electron chi connectivity index (χ0n) is 15.1. The van der Waals surface area contributed by atoms with Crippen LogP contribution in [0.15, 0.2) is 36.5 Å². The number of piperazine rings is 1. The summed E-state index contributed by atoms with van der Waals surface area (Å²) in [6, 6.07) is 9.84. The van der Waals surface area contributed by atoms with E-state index in [4.69, 9.17) is 4.74 Å². The summed E-state index contributed by atoms with van der Waals surface area (Å²) in [7, 11) is 0. The second-order valence-electron chi connectivity index (χ2n) is 6.71. The van der Waals surface area contributed by atoms with Gasteiger partial charge in [0, 0.05) is 25.0 Å². The van der Waals surface area contributed by atoms with E-state index in [0.29, 0.717) is 6.61 Å². The molecule has 1 N–H and O–H groups in total. The number of hydrogen-bond acceptors (Lipinski definition) is 5. The first-order valence-electron chi connectivity index (χ1n) is 9.01. The quantitative estimate of drug-likeness (QED) is 0.915. The molecule has 0 aliphatic carbocycles. The Hall–Kier alpha value is -2.83. The molecule has 7 heteroatoms. The minimum Gasteiger partial charge on any atom is -0.494 e. The van der Waals surface area contributed by atoms with Crippen molar-refractivity contribution in [2.45, 2.75) is 32.4 Å². The van der Waals surface area contributed by atoms with Crippen LogP contribution >= 0.6 is 0 Å². The lowest BCUT2D eigenvalue weighted by molar-refractivity contribution is 0.0436. The summed E-state index contributed by atoms with van der Waals surface area (Å²) in [5, 5.41) is 2.99. The predicted octanol–water partition coefficient (Wildman–Crippen LogP) is 2.68. The zero-order valence-corrected chi connectivity index (χ0v) is 15.1. The number of amides is 2. The highest BCUT2D eigenvalue weighted by Crippen LogP contribution is 2.34. The number of benzene rings is 1. The van der Waals surface area contributed by atoms with Crippen molar-refractivity contribution < 1.29 is 9.53 Å². The molecule has 2 atom stereocenters. The Bertz CT molecular complexity index is 783. The van der Waals surface area contributed by atoms with Crippen LogP contribution in [-0.4, -0.2) is 52.7 Å². The first-order chi connectivity index (χ1) is 12.6. The van der Waals surface area contributed by atoms with Crippen LogP contribution in [0.25, 0.3) is 0 Å². The van der Waals surface area contributed by atoms with Crippen molar-refractivity contribution in [1.82, 2.24) is 14.9 Å². The number of anilines is 2. The van der Waals surface area contributed by atoms with Crippen molar-refractivity contribution in [3.8, 4) is 5.75 Å². The first-order valence-corrected chi connectivity index (χ1v) is 9.01. The summed E-state index contributed by atoms with van der Waals surface area (Å²) >= 11 is 0. The molecule has 3 saturated heterocycles.